The van der Waals surface area contributed by atoms with E-state index in [0.717, 1.165) is 22.8 Å². The number of rotatable bonds is 5. The van der Waals surface area contributed by atoms with Crippen molar-refractivity contribution in [1.82, 2.24) is 15.1 Å². The molecule has 164 valence electrons. The van der Waals surface area contributed by atoms with E-state index in [1.54, 1.807) is 17.0 Å². The van der Waals surface area contributed by atoms with Crippen LogP contribution in [0.2, 0.25) is 5.02 Å². The number of piperazine rings is 1. The van der Waals surface area contributed by atoms with Gasteiger partial charge in [-0.2, -0.15) is 0 Å². The normalized spacial score (nSPS) is 15.0. The third-order valence-corrected chi connectivity index (χ3v) is 5.78. The summed E-state index contributed by atoms with van der Waals surface area (Å²) in [5, 5.41) is 9.26. The Kier molecular flexibility index (Phi) is 5.68. The summed E-state index contributed by atoms with van der Waals surface area (Å²) in [4.78, 5) is 16.4. The minimum Gasteiger partial charge on any atom is -0.482 e. The highest BCUT2D eigenvalue weighted by Gasteiger charge is 2.23. The summed E-state index contributed by atoms with van der Waals surface area (Å²) < 4.78 is 16.4. The summed E-state index contributed by atoms with van der Waals surface area (Å²) in [7, 11) is 0. The zero-order chi connectivity index (χ0) is 21.9. The van der Waals surface area contributed by atoms with Gasteiger partial charge in [0.05, 0.1) is 10.7 Å². The number of nitrogens with zero attached hydrogens (tertiary/aromatic N) is 4. The highest BCUT2D eigenvalue weighted by atomic mass is 35.5. The van der Waals surface area contributed by atoms with E-state index in [-0.39, 0.29) is 19.3 Å². The van der Waals surface area contributed by atoms with Crippen LogP contribution < -0.4 is 19.1 Å². The van der Waals surface area contributed by atoms with Gasteiger partial charge in [0.2, 0.25) is 6.79 Å². The van der Waals surface area contributed by atoms with Crippen LogP contribution in [0.25, 0.3) is 11.3 Å². The molecule has 0 radical (unpaired) electrons. The van der Waals surface area contributed by atoms with E-state index in [0.29, 0.717) is 42.7 Å². The van der Waals surface area contributed by atoms with Crippen LogP contribution in [0.5, 0.6) is 17.2 Å². The van der Waals surface area contributed by atoms with Gasteiger partial charge in [0, 0.05) is 31.7 Å². The Bertz CT molecular complexity index is 1120. The third kappa shape index (κ3) is 4.27. The molecule has 32 heavy (non-hydrogen) atoms. The van der Waals surface area contributed by atoms with E-state index in [1.807, 2.05) is 42.5 Å². The molecule has 0 N–H and O–H groups in total. The van der Waals surface area contributed by atoms with Gasteiger partial charge in [0.1, 0.15) is 5.75 Å². The molecular weight excluding hydrogens is 432 g/mol. The molecule has 0 saturated carbocycles. The van der Waals surface area contributed by atoms with Crippen molar-refractivity contribution in [2.75, 3.05) is 44.5 Å². The molecule has 2 aliphatic rings. The van der Waals surface area contributed by atoms with Crippen molar-refractivity contribution in [3.8, 4) is 28.5 Å². The molecule has 1 fully saturated rings. The first-order chi connectivity index (χ1) is 15.7. The lowest BCUT2D eigenvalue weighted by atomic mass is 10.1. The van der Waals surface area contributed by atoms with E-state index in [2.05, 4.69) is 15.1 Å². The topological polar surface area (TPSA) is 77.0 Å². The smallest absolute Gasteiger partial charge is 0.260 e. The van der Waals surface area contributed by atoms with Gasteiger partial charge in [-0.05, 0) is 42.5 Å². The quantitative estimate of drug-likeness (QED) is 0.588. The van der Waals surface area contributed by atoms with E-state index in [9.17, 15) is 4.79 Å². The Morgan fingerprint density at radius 2 is 1.78 bits per heavy atom. The second-order valence-corrected chi connectivity index (χ2v) is 7.84. The molecule has 1 saturated heterocycles. The first kappa shape index (κ1) is 20.4. The van der Waals surface area contributed by atoms with Crippen LogP contribution in [0, 0.1) is 0 Å². The number of aromatic nitrogens is 2. The van der Waals surface area contributed by atoms with Crippen molar-refractivity contribution < 1.29 is 19.0 Å². The van der Waals surface area contributed by atoms with Crippen molar-refractivity contribution in [2.45, 2.75) is 0 Å². The van der Waals surface area contributed by atoms with Gasteiger partial charge in [0.15, 0.2) is 23.9 Å². The van der Waals surface area contributed by atoms with Crippen molar-refractivity contribution in [2.24, 2.45) is 0 Å². The lowest BCUT2D eigenvalue weighted by molar-refractivity contribution is -0.133. The molecule has 9 heteroatoms. The molecule has 2 aliphatic heterocycles. The van der Waals surface area contributed by atoms with Crippen molar-refractivity contribution in [1.29, 1.82) is 0 Å². The molecule has 0 spiro atoms. The van der Waals surface area contributed by atoms with Gasteiger partial charge < -0.3 is 24.0 Å². The molecule has 2 aromatic carbocycles. The Hall–Kier alpha value is -3.52. The van der Waals surface area contributed by atoms with Crippen LogP contribution in [0.15, 0.2) is 54.6 Å². The molecule has 1 aromatic heterocycles. The summed E-state index contributed by atoms with van der Waals surface area (Å²) in [6.07, 6.45) is 0. The molecule has 0 atom stereocenters. The molecule has 0 unspecified atom stereocenters. The summed E-state index contributed by atoms with van der Waals surface area (Å²) in [5.41, 5.74) is 1.68. The fourth-order valence-corrected chi connectivity index (χ4v) is 3.87. The van der Waals surface area contributed by atoms with Gasteiger partial charge >= 0.3 is 0 Å². The van der Waals surface area contributed by atoms with E-state index in [4.69, 9.17) is 25.8 Å². The number of anilines is 1. The van der Waals surface area contributed by atoms with Crippen LogP contribution in [0.3, 0.4) is 0 Å². The summed E-state index contributed by atoms with van der Waals surface area (Å²) >= 11 is 6.07. The first-order valence-electron chi connectivity index (χ1n) is 10.3. The lowest BCUT2D eigenvalue weighted by Crippen LogP contribution is -2.50. The molecule has 1 amide bonds. The number of benzene rings is 2. The highest BCUT2D eigenvalue weighted by Crippen LogP contribution is 2.35. The Morgan fingerprint density at radius 3 is 2.56 bits per heavy atom. The zero-order valence-corrected chi connectivity index (χ0v) is 18.0. The standard InChI is InChI=1S/C23H21ClN4O4/c24-17-3-1-2-4-19(17)30-14-23(29)28-11-9-27(10-12-28)22-8-6-18(25-26-22)16-5-7-20-21(13-16)32-15-31-20/h1-8,13H,9-12,14-15H2. The number of fused-ring (bicyclic) bond motifs is 1. The number of para-hydroxylation sites is 1. The fraction of sp³-hybridized carbons (Fsp3) is 0.261. The molecule has 0 bridgehead atoms. The predicted octanol–water partition coefficient (Wildman–Crippen LogP) is 3.25. The van der Waals surface area contributed by atoms with E-state index < -0.39 is 0 Å². The second kappa shape index (κ2) is 8.92. The monoisotopic (exact) mass is 452 g/mol. The van der Waals surface area contributed by atoms with E-state index in [1.165, 1.54) is 0 Å². The highest BCUT2D eigenvalue weighted by molar-refractivity contribution is 6.32. The third-order valence-electron chi connectivity index (χ3n) is 5.46. The number of ether oxygens (including phenoxy) is 3. The number of carbonyl (C=O) groups is 1. The van der Waals surface area contributed by atoms with Crippen molar-refractivity contribution in [3.05, 3.63) is 59.6 Å². The number of hydrogen-bond donors (Lipinski definition) is 0. The molecule has 5 rings (SSSR count). The number of amides is 1. The van der Waals surface area contributed by atoms with Crippen LogP contribution in [-0.4, -0.2) is 60.6 Å². The Balaban J connectivity index is 1.16. The lowest BCUT2D eigenvalue weighted by Gasteiger charge is -2.35. The molecule has 0 aliphatic carbocycles. The molecule has 8 nitrogen and oxygen atoms in total. The van der Waals surface area contributed by atoms with E-state index >= 15 is 0 Å². The average Bonchev–Trinajstić information content (AvgIpc) is 3.32. The van der Waals surface area contributed by atoms with Gasteiger partial charge in [-0.3, -0.25) is 4.79 Å². The molecular formula is C23H21ClN4O4. The number of hydrogen-bond acceptors (Lipinski definition) is 7. The Morgan fingerprint density at radius 1 is 0.969 bits per heavy atom. The SMILES string of the molecule is O=C(COc1ccccc1Cl)N1CCN(c2ccc(-c3ccc4c(c3)OCO4)nn2)CC1. The van der Waals surface area contributed by atoms with Crippen LogP contribution in [0.1, 0.15) is 0 Å². The minimum atomic E-state index is -0.0613. The van der Waals surface area contributed by atoms with Gasteiger partial charge in [0.25, 0.3) is 5.91 Å². The minimum absolute atomic E-state index is 0.0340. The summed E-state index contributed by atoms with van der Waals surface area (Å²) in [6.45, 7) is 2.75. The van der Waals surface area contributed by atoms with Crippen LogP contribution in [-0.2, 0) is 4.79 Å². The maximum atomic E-state index is 12.5. The van der Waals surface area contributed by atoms with Gasteiger partial charge in [-0.25, -0.2) is 0 Å². The number of carbonyl (C=O) groups excluding carboxylic acids is 1. The summed E-state index contributed by atoms with van der Waals surface area (Å²) in [5.74, 6) is 2.69. The van der Waals surface area contributed by atoms with Crippen molar-refractivity contribution in [3.63, 3.8) is 0 Å². The van der Waals surface area contributed by atoms with Gasteiger partial charge in [-0.15, -0.1) is 10.2 Å². The predicted molar refractivity (Wildman–Crippen MR) is 119 cm³/mol. The van der Waals surface area contributed by atoms with Crippen molar-refractivity contribution >= 4 is 23.3 Å². The maximum Gasteiger partial charge on any atom is 0.260 e. The Labute approximate surface area is 190 Å². The average molecular weight is 453 g/mol. The number of halogens is 1. The maximum absolute atomic E-state index is 12.5. The second-order valence-electron chi connectivity index (χ2n) is 7.43. The molecule has 3 heterocycles. The first-order valence-corrected chi connectivity index (χ1v) is 10.7. The van der Waals surface area contributed by atoms with Gasteiger partial charge in [-0.1, -0.05) is 23.7 Å². The zero-order valence-electron chi connectivity index (χ0n) is 17.2. The largest absolute Gasteiger partial charge is 0.482 e. The van der Waals surface area contributed by atoms with Crippen LogP contribution >= 0.6 is 11.6 Å². The summed E-state index contributed by atoms with van der Waals surface area (Å²) in [6, 6.07) is 16.7. The van der Waals surface area contributed by atoms with Crippen LogP contribution in [0.4, 0.5) is 5.82 Å². The fourth-order valence-electron chi connectivity index (χ4n) is 3.68. The molecule has 3 aromatic rings.